The number of rotatable bonds is 12. The minimum Gasteiger partial charge on any atom is -0.496 e. The van der Waals surface area contributed by atoms with Crippen molar-refractivity contribution in [2.24, 2.45) is 0 Å². The lowest BCUT2D eigenvalue weighted by Gasteiger charge is -2.05. The summed E-state index contributed by atoms with van der Waals surface area (Å²) >= 11 is 0. The summed E-state index contributed by atoms with van der Waals surface area (Å²) in [6, 6.07) is 0. The first-order valence-corrected chi connectivity index (χ1v) is 7.83. The normalized spacial score (nSPS) is 10.1. The van der Waals surface area contributed by atoms with Crippen LogP contribution in [0, 0.1) is 0 Å². The van der Waals surface area contributed by atoms with Crippen molar-refractivity contribution in [2.75, 3.05) is 13.2 Å². The van der Waals surface area contributed by atoms with Crippen LogP contribution in [0.15, 0.2) is 0 Å². The summed E-state index contributed by atoms with van der Waals surface area (Å²) in [5.41, 5.74) is 0. The first kappa shape index (κ1) is 15.6. The molecule has 0 radical (unpaired) electrons. The zero-order chi connectivity index (χ0) is 12.1. The van der Waals surface area contributed by atoms with Gasteiger partial charge in [-0.2, -0.15) is 0 Å². The summed E-state index contributed by atoms with van der Waals surface area (Å²) in [4.78, 5) is 0. The molecule has 0 aliphatic rings. The number of unbranched alkanes of at least 4 members (excludes halogenated alkanes) is 6. The van der Waals surface area contributed by atoms with Crippen LogP contribution in [0.4, 0.5) is 0 Å². The molecule has 0 aliphatic heterocycles. The maximum absolute atomic E-state index is 11.2. The Morgan fingerprint density at radius 1 is 0.750 bits per heavy atom. The monoisotopic (exact) mass is 246 g/mol. The first-order valence-electron chi connectivity index (χ1n) is 6.60. The lowest BCUT2D eigenvalue weighted by molar-refractivity contribution is 0.163. The van der Waals surface area contributed by atoms with Gasteiger partial charge >= 0.3 is 9.17 Å². The molecule has 0 heterocycles. The minimum absolute atomic E-state index is 0.576. The molecule has 16 heavy (non-hydrogen) atoms. The molecule has 0 amide bonds. The van der Waals surface area contributed by atoms with Crippen LogP contribution in [-0.2, 0) is 13.3 Å². The quantitative estimate of drug-likeness (QED) is 0.390. The van der Waals surface area contributed by atoms with Gasteiger partial charge in [-0.05, 0) is 12.8 Å². The Kier molecular flexibility index (Phi) is 12.4. The Labute approximate surface area is 101 Å². The van der Waals surface area contributed by atoms with E-state index in [0.29, 0.717) is 13.2 Å². The van der Waals surface area contributed by atoms with E-state index in [1.807, 2.05) is 0 Å². The second kappa shape index (κ2) is 12.7. The van der Waals surface area contributed by atoms with Gasteiger partial charge in [-0.3, -0.25) is 4.46 Å². The molecule has 0 aromatic carbocycles. The van der Waals surface area contributed by atoms with Gasteiger partial charge in [-0.25, -0.2) is 0 Å². The summed E-state index contributed by atoms with van der Waals surface area (Å²) in [5, 5.41) is 0. The lowest BCUT2D eigenvalue weighted by atomic mass is 10.2. The maximum atomic E-state index is 11.2. The first-order chi connectivity index (χ1) is 7.81. The standard InChI is InChI=1S/C12H26O3Si/c1-3-5-7-9-11-14-16(13)15-12-10-8-6-4-2/h3-12H2,1-2H3. The van der Waals surface area contributed by atoms with Crippen molar-refractivity contribution in [3.63, 3.8) is 0 Å². The second-order valence-electron chi connectivity index (χ2n) is 4.07. The topological polar surface area (TPSA) is 35.5 Å². The summed E-state index contributed by atoms with van der Waals surface area (Å²) in [6.07, 6.45) is 9.16. The van der Waals surface area contributed by atoms with Gasteiger partial charge in [0, 0.05) is 0 Å². The third kappa shape index (κ3) is 11.7. The van der Waals surface area contributed by atoms with E-state index in [1.54, 1.807) is 0 Å². The molecule has 0 aromatic rings. The van der Waals surface area contributed by atoms with Crippen molar-refractivity contribution in [2.45, 2.75) is 65.2 Å². The van der Waals surface area contributed by atoms with Crippen molar-refractivity contribution in [1.29, 1.82) is 0 Å². The molecule has 0 saturated heterocycles. The Morgan fingerprint density at radius 2 is 1.19 bits per heavy atom. The van der Waals surface area contributed by atoms with Gasteiger partial charge in [-0.15, -0.1) is 0 Å². The van der Waals surface area contributed by atoms with E-state index < -0.39 is 9.17 Å². The fourth-order valence-corrected chi connectivity index (χ4v) is 2.12. The van der Waals surface area contributed by atoms with E-state index in [1.165, 1.54) is 25.7 Å². The van der Waals surface area contributed by atoms with E-state index in [2.05, 4.69) is 13.8 Å². The van der Waals surface area contributed by atoms with Crippen LogP contribution in [0.5, 0.6) is 0 Å². The van der Waals surface area contributed by atoms with Crippen LogP contribution in [0.3, 0.4) is 0 Å². The third-order valence-electron chi connectivity index (χ3n) is 2.44. The zero-order valence-electron chi connectivity index (χ0n) is 10.8. The van der Waals surface area contributed by atoms with Gasteiger partial charge < -0.3 is 8.85 Å². The Balaban J connectivity index is 3.12. The molecule has 0 unspecified atom stereocenters. The molecule has 4 heteroatoms. The fraction of sp³-hybridized carbons (Fsp3) is 1.00. The molecule has 0 fully saturated rings. The third-order valence-corrected chi connectivity index (χ3v) is 3.32. The van der Waals surface area contributed by atoms with Crippen LogP contribution in [0.1, 0.15) is 65.2 Å². The van der Waals surface area contributed by atoms with Crippen molar-refractivity contribution < 1.29 is 13.3 Å². The van der Waals surface area contributed by atoms with Gasteiger partial charge in [0.1, 0.15) is 0 Å². The summed E-state index contributed by atoms with van der Waals surface area (Å²) < 4.78 is 21.5. The predicted molar refractivity (Wildman–Crippen MR) is 66.6 cm³/mol. The molecule has 96 valence electrons. The molecule has 3 nitrogen and oxygen atoms in total. The highest BCUT2D eigenvalue weighted by Crippen LogP contribution is 2.00. The van der Waals surface area contributed by atoms with Gasteiger partial charge in [0.05, 0.1) is 13.2 Å². The van der Waals surface area contributed by atoms with Crippen LogP contribution in [0.25, 0.3) is 0 Å². The van der Waals surface area contributed by atoms with Crippen LogP contribution >= 0.6 is 0 Å². The molecular weight excluding hydrogens is 220 g/mol. The maximum Gasteiger partial charge on any atom is 0.767 e. The predicted octanol–water partition coefficient (Wildman–Crippen LogP) is 3.60. The van der Waals surface area contributed by atoms with Crippen LogP contribution in [-0.4, -0.2) is 22.4 Å². The molecule has 0 N–H and O–H groups in total. The molecule has 0 rings (SSSR count). The van der Waals surface area contributed by atoms with Crippen LogP contribution < -0.4 is 0 Å². The van der Waals surface area contributed by atoms with Crippen molar-refractivity contribution in [3.8, 4) is 0 Å². The molecule has 0 bridgehead atoms. The van der Waals surface area contributed by atoms with Gasteiger partial charge in [0.2, 0.25) is 0 Å². The van der Waals surface area contributed by atoms with Gasteiger partial charge in [0.15, 0.2) is 0 Å². The number of hydrogen-bond donors (Lipinski definition) is 0. The minimum atomic E-state index is -2.21. The lowest BCUT2D eigenvalue weighted by Crippen LogP contribution is -2.14. The second-order valence-corrected chi connectivity index (χ2v) is 5.15. The Hall–Kier alpha value is -0.383. The molecule has 0 saturated carbocycles. The van der Waals surface area contributed by atoms with E-state index in [4.69, 9.17) is 8.85 Å². The average molecular weight is 246 g/mol. The molecule has 0 aliphatic carbocycles. The van der Waals surface area contributed by atoms with E-state index in [9.17, 15) is 4.46 Å². The Bertz CT molecular complexity index is 146. The van der Waals surface area contributed by atoms with Gasteiger partial charge in [-0.1, -0.05) is 52.4 Å². The SMILES string of the molecule is CCCCCCO[Si](=O)OCCCCCC. The number of hydrogen-bond acceptors (Lipinski definition) is 3. The summed E-state index contributed by atoms with van der Waals surface area (Å²) in [6.45, 7) is 5.49. The smallest absolute Gasteiger partial charge is 0.496 e. The van der Waals surface area contributed by atoms with Crippen molar-refractivity contribution in [3.05, 3.63) is 0 Å². The molecule has 0 atom stereocenters. The summed E-state index contributed by atoms with van der Waals surface area (Å²) in [7, 11) is -2.21. The van der Waals surface area contributed by atoms with Gasteiger partial charge in [0.25, 0.3) is 0 Å². The zero-order valence-corrected chi connectivity index (χ0v) is 11.8. The molecule has 0 aromatic heterocycles. The van der Waals surface area contributed by atoms with E-state index in [-0.39, 0.29) is 0 Å². The largest absolute Gasteiger partial charge is 0.767 e. The highest BCUT2D eigenvalue weighted by atomic mass is 28.3. The fourth-order valence-electron chi connectivity index (χ4n) is 1.41. The molecular formula is C12H26O3Si. The molecule has 0 spiro atoms. The average Bonchev–Trinajstić information content (AvgIpc) is 2.28. The van der Waals surface area contributed by atoms with Crippen LogP contribution in [0.2, 0.25) is 0 Å². The Morgan fingerprint density at radius 3 is 1.56 bits per heavy atom. The van der Waals surface area contributed by atoms with E-state index in [0.717, 1.165) is 25.7 Å². The van der Waals surface area contributed by atoms with Crippen molar-refractivity contribution in [1.82, 2.24) is 0 Å². The summed E-state index contributed by atoms with van der Waals surface area (Å²) in [5.74, 6) is 0. The van der Waals surface area contributed by atoms with Crippen molar-refractivity contribution >= 4 is 9.17 Å². The van der Waals surface area contributed by atoms with E-state index >= 15 is 0 Å². The highest BCUT2D eigenvalue weighted by molar-refractivity contribution is 6.26. The highest BCUT2D eigenvalue weighted by Gasteiger charge is 2.09.